The molecular weight excluding hydrogens is 504 g/mol. The van der Waals surface area contributed by atoms with Crippen molar-refractivity contribution in [1.82, 2.24) is 25.1 Å². The Balaban J connectivity index is 1.32. The van der Waals surface area contributed by atoms with Gasteiger partial charge in [0, 0.05) is 45.9 Å². The van der Waals surface area contributed by atoms with Crippen molar-refractivity contribution in [3.05, 3.63) is 90.1 Å². The monoisotopic (exact) mass is 527 g/mol. The van der Waals surface area contributed by atoms with Crippen LogP contribution in [0, 0.1) is 23.8 Å². The molecule has 0 unspecified atom stereocenters. The maximum atomic E-state index is 16.0. The van der Waals surface area contributed by atoms with E-state index in [-0.39, 0.29) is 21.7 Å². The molecule has 7 nitrogen and oxygen atoms in total. The Hall–Kier alpha value is -4.44. The number of rotatable bonds is 8. The summed E-state index contributed by atoms with van der Waals surface area (Å²) < 4.78 is 29.6. The summed E-state index contributed by atoms with van der Waals surface area (Å²) in [6, 6.07) is 6.81. The van der Waals surface area contributed by atoms with E-state index in [4.69, 9.17) is 0 Å². The fourth-order valence-corrected chi connectivity index (χ4v) is 5.15. The first-order valence-electron chi connectivity index (χ1n) is 12.0. The van der Waals surface area contributed by atoms with Crippen molar-refractivity contribution in [2.24, 2.45) is 5.92 Å². The highest BCUT2D eigenvalue weighted by molar-refractivity contribution is 7.13. The summed E-state index contributed by atoms with van der Waals surface area (Å²) in [6.07, 6.45) is 8.61. The lowest BCUT2D eigenvalue weighted by Gasteiger charge is -2.13. The zero-order valence-corrected chi connectivity index (χ0v) is 21.3. The number of fused-ring (bicyclic) bond motifs is 1. The number of thiophene rings is 1. The number of anilines is 2. The van der Waals surface area contributed by atoms with Crippen molar-refractivity contribution in [3.8, 4) is 21.6 Å². The topological polar surface area (TPSA) is 91.4 Å². The van der Waals surface area contributed by atoms with Crippen LogP contribution in [0.15, 0.2) is 67.9 Å². The normalized spacial score (nSPS) is 13.0. The Kier molecular flexibility index (Phi) is 5.96. The minimum absolute atomic E-state index is 0.204. The number of nitrogens with one attached hydrogen (secondary N) is 3. The molecule has 6 rings (SSSR count). The van der Waals surface area contributed by atoms with Crippen LogP contribution in [0.5, 0.6) is 0 Å². The molecule has 1 aliphatic carbocycles. The van der Waals surface area contributed by atoms with Gasteiger partial charge in [-0.1, -0.05) is 13.2 Å². The fraction of sp³-hybridized carbons (Fsp3) is 0.143. The highest BCUT2D eigenvalue weighted by Crippen LogP contribution is 2.37. The molecule has 5 heterocycles. The number of hydrogen-bond donors (Lipinski definition) is 3. The number of H-pyrrole nitrogens is 1. The Bertz CT molecular complexity index is 1720. The van der Waals surface area contributed by atoms with Crippen LogP contribution >= 0.6 is 11.3 Å². The molecule has 1 fully saturated rings. The third-order valence-electron chi connectivity index (χ3n) is 6.56. The number of aromatic amines is 1. The van der Waals surface area contributed by atoms with Crippen LogP contribution in [-0.4, -0.2) is 25.1 Å². The van der Waals surface area contributed by atoms with Crippen molar-refractivity contribution in [2.45, 2.75) is 19.8 Å². The molecule has 0 amide bonds. The molecule has 190 valence electrons. The molecule has 0 aliphatic heterocycles. The summed E-state index contributed by atoms with van der Waals surface area (Å²) >= 11 is 1.06. The largest absolute Gasteiger partial charge is 0.358 e. The van der Waals surface area contributed by atoms with E-state index in [0.717, 1.165) is 51.6 Å². The molecule has 0 saturated heterocycles. The number of pyridine rings is 3. The summed E-state index contributed by atoms with van der Waals surface area (Å²) in [5.41, 5.74) is 5.14. The third kappa shape index (κ3) is 4.43. The number of allylic oxidation sites excluding steroid dienone is 1. The van der Waals surface area contributed by atoms with Gasteiger partial charge >= 0.3 is 0 Å². The van der Waals surface area contributed by atoms with Gasteiger partial charge in [0.25, 0.3) is 0 Å². The summed E-state index contributed by atoms with van der Waals surface area (Å²) in [4.78, 5) is 13.8. The first-order valence-corrected chi connectivity index (χ1v) is 12.8. The molecular formula is C28H23F2N7S. The molecule has 0 spiro atoms. The van der Waals surface area contributed by atoms with E-state index in [9.17, 15) is 4.39 Å². The van der Waals surface area contributed by atoms with Gasteiger partial charge in [-0.05, 0) is 55.5 Å². The molecule has 5 aromatic rings. The highest BCUT2D eigenvalue weighted by Gasteiger charge is 2.25. The lowest BCUT2D eigenvalue weighted by atomic mass is 10.1. The Labute approximate surface area is 221 Å². The summed E-state index contributed by atoms with van der Waals surface area (Å²) in [6.45, 7) is 10.1. The van der Waals surface area contributed by atoms with Crippen molar-refractivity contribution >= 4 is 39.6 Å². The minimum atomic E-state index is -0.492. The average molecular weight is 528 g/mol. The van der Waals surface area contributed by atoms with Gasteiger partial charge in [-0.25, -0.2) is 14.4 Å². The lowest BCUT2D eigenvalue weighted by Crippen LogP contribution is -2.04. The van der Waals surface area contributed by atoms with Crippen LogP contribution in [-0.2, 0) is 0 Å². The Morgan fingerprint density at radius 3 is 2.66 bits per heavy atom. The van der Waals surface area contributed by atoms with E-state index in [0.29, 0.717) is 28.7 Å². The predicted molar refractivity (Wildman–Crippen MR) is 147 cm³/mol. The van der Waals surface area contributed by atoms with Gasteiger partial charge in [-0.15, -0.1) is 11.3 Å². The van der Waals surface area contributed by atoms with E-state index < -0.39 is 5.82 Å². The SMILES string of the molecule is C=C(Nc1nccc(-c2ccc(F)s2)c1C)c1[nH]nc2ncc(-c3cncc(NC(=C)C4CC4)c3)c(F)c12. The third-order valence-corrected chi connectivity index (χ3v) is 7.46. The maximum Gasteiger partial charge on any atom is 0.184 e. The first-order chi connectivity index (χ1) is 18.4. The smallest absolute Gasteiger partial charge is 0.184 e. The van der Waals surface area contributed by atoms with Crippen LogP contribution in [0.3, 0.4) is 0 Å². The van der Waals surface area contributed by atoms with Crippen molar-refractivity contribution in [1.29, 1.82) is 0 Å². The second-order valence-corrected chi connectivity index (χ2v) is 10.2. The van der Waals surface area contributed by atoms with E-state index in [1.54, 1.807) is 24.7 Å². The van der Waals surface area contributed by atoms with Crippen LogP contribution in [0.1, 0.15) is 24.1 Å². The second kappa shape index (κ2) is 9.46. The zero-order valence-electron chi connectivity index (χ0n) is 20.5. The lowest BCUT2D eigenvalue weighted by molar-refractivity contribution is 0.641. The number of aromatic nitrogens is 5. The van der Waals surface area contributed by atoms with E-state index in [1.807, 2.05) is 19.1 Å². The first kappa shape index (κ1) is 23.9. The molecule has 10 heteroatoms. The molecule has 3 N–H and O–H groups in total. The van der Waals surface area contributed by atoms with Crippen LogP contribution in [0.2, 0.25) is 0 Å². The zero-order chi connectivity index (χ0) is 26.4. The summed E-state index contributed by atoms with van der Waals surface area (Å²) in [7, 11) is 0. The van der Waals surface area contributed by atoms with Gasteiger partial charge in [0.2, 0.25) is 0 Å². The molecule has 0 bridgehead atoms. The van der Waals surface area contributed by atoms with Crippen LogP contribution in [0.4, 0.5) is 20.3 Å². The summed E-state index contributed by atoms with van der Waals surface area (Å²) in [5.74, 6) is 0.507. The number of hydrogen-bond acceptors (Lipinski definition) is 7. The number of nitrogens with zero attached hydrogens (tertiary/aromatic N) is 4. The fourth-order valence-electron chi connectivity index (χ4n) is 4.34. The molecule has 1 saturated carbocycles. The van der Waals surface area contributed by atoms with Gasteiger partial charge in [-0.2, -0.15) is 9.49 Å². The minimum Gasteiger partial charge on any atom is -0.358 e. The van der Waals surface area contributed by atoms with Crippen LogP contribution < -0.4 is 10.6 Å². The van der Waals surface area contributed by atoms with Gasteiger partial charge < -0.3 is 10.6 Å². The van der Waals surface area contributed by atoms with E-state index >= 15 is 4.39 Å². The number of halogens is 2. The van der Waals surface area contributed by atoms with Gasteiger partial charge in [0.15, 0.2) is 10.8 Å². The van der Waals surface area contributed by atoms with Gasteiger partial charge in [0.1, 0.15) is 11.6 Å². The van der Waals surface area contributed by atoms with Crippen molar-refractivity contribution < 1.29 is 8.78 Å². The van der Waals surface area contributed by atoms with Gasteiger partial charge in [0.05, 0.1) is 28.7 Å². The molecule has 1 aliphatic rings. The van der Waals surface area contributed by atoms with E-state index in [2.05, 4.69) is 48.9 Å². The van der Waals surface area contributed by atoms with Crippen LogP contribution in [0.25, 0.3) is 38.3 Å². The molecule has 38 heavy (non-hydrogen) atoms. The molecule has 5 aromatic heterocycles. The van der Waals surface area contributed by atoms with Crippen molar-refractivity contribution in [3.63, 3.8) is 0 Å². The van der Waals surface area contributed by atoms with Crippen molar-refractivity contribution in [2.75, 3.05) is 10.6 Å². The van der Waals surface area contributed by atoms with E-state index in [1.165, 1.54) is 12.3 Å². The molecule has 0 aromatic carbocycles. The molecule has 0 radical (unpaired) electrons. The average Bonchev–Trinajstić information content (AvgIpc) is 3.53. The Morgan fingerprint density at radius 1 is 1.05 bits per heavy atom. The molecule has 0 atom stereocenters. The highest BCUT2D eigenvalue weighted by atomic mass is 32.1. The maximum absolute atomic E-state index is 16.0. The second-order valence-electron chi connectivity index (χ2n) is 9.21. The quantitative estimate of drug-likeness (QED) is 0.199. The Morgan fingerprint density at radius 2 is 1.89 bits per heavy atom. The standard InChI is InChI=1S/C28H23F2N7S/c1-14-20(22-6-7-23(29)38-22)8-9-32-27(14)35-16(3)26-24-25(30)21(13-33-28(24)37-36-26)18-10-19(12-31-11-18)34-15(2)17-4-5-17/h6-13,17,34H,2-5H2,1H3,(H,32,35)(H,33,36,37). The summed E-state index contributed by atoms with van der Waals surface area (Å²) in [5, 5.41) is 13.4. The predicted octanol–water partition coefficient (Wildman–Crippen LogP) is 7.15. The van der Waals surface area contributed by atoms with Gasteiger partial charge in [-0.3, -0.25) is 10.1 Å².